The van der Waals surface area contributed by atoms with Crippen LogP contribution in [0.4, 0.5) is 11.4 Å². The number of benzene rings is 2. The number of aryl methyl sites for hydroxylation is 1. The largest absolute Gasteiger partial charge is 0.444 e. The number of nitro benzene ring substituents is 1. The van der Waals surface area contributed by atoms with E-state index < -0.39 is 14.9 Å². The normalized spacial score (nSPS) is 15.3. The van der Waals surface area contributed by atoms with E-state index in [-0.39, 0.29) is 35.5 Å². The highest BCUT2D eigenvalue weighted by Gasteiger charge is 2.33. The van der Waals surface area contributed by atoms with E-state index >= 15 is 0 Å². The second-order valence-electron chi connectivity index (χ2n) is 7.82. The van der Waals surface area contributed by atoms with E-state index in [0.717, 1.165) is 11.6 Å². The first kappa shape index (κ1) is 22.6. The quantitative estimate of drug-likeness (QED) is 0.429. The third-order valence-corrected chi connectivity index (χ3v) is 7.71. The van der Waals surface area contributed by atoms with Crippen molar-refractivity contribution >= 4 is 27.3 Å². The van der Waals surface area contributed by atoms with E-state index in [4.69, 9.17) is 4.42 Å². The van der Waals surface area contributed by atoms with Crippen LogP contribution in [-0.2, 0) is 14.8 Å². The van der Waals surface area contributed by atoms with Crippen LogP contribution >= 0.6 is 0 Å². The van der Waals surface area contributed by atoms with Gasteiger partial charge in [-0.05, 0) is 37.5 Å². The van der Waals surface area contributed by atoms with Crippen LogP contribution < -0.4 is 5.32 Å². The number of rotatable bonds is 6. The van der Waals surface area contributed by atoms with Crippen molar-refractivity contribution in [2.75, 3.05) is 18.4 Å². The molecule has 2 heterocycles. The minimum absolute atomic E-state index is 0.0798. The number of non-ortho nitro benzene ring substituents is 1. The maximum Gasteiger partial charge on any atom is 0.270 e. The van der Waals surface area contributed by atoms with E-state index in [2.05, 4.69) is 10.3 Å². The molecule has 0 radical (unpaired) electrons. The maximum atomic E-state index is 13.1. The predicted octanol–water partition coefficient (Wildman–Crippen LogP) is 3.60. The Kier molecular flexibility index (Phi) is 6.25. The Morgan fingerprint density at radius 2 is 1.97 bits per heavy atom. The molecule has 1 aliphatic rings. The number of sulfonamides is 1. The monoisotopic (exact) mass is 470 g/mol. The second kappa shape index (κ2) is 9.12. The predicted molar refractivity (Wildman–Crippen MR) is 120 cm³/mol. The molecule has 0 atom stereocenters. The lowest BCUT2D eigenvalue weighted by molar-refractivity contribution is -0.385. The van der Waals surface area contributed by atoms with Gasteiger partial charge in [0.15, 0.2) is 12.2 Å². The molecule has 1 N–H and O–H groups in total. The van der Waals surface area contributed by atoms with Crippen molar-refractivity contribution < 1.29 is 22.6 Å². The van der Waals surface area contributed by atoms with Crippen LogP contribution in [0.2, 0.25) is 0 Å². The van der Waals surface area contributed by atoms with E-state index in [1.165, 1.54) is 22.8 Å². The Morgan fingerprint density at radius 1 is 1.21 bits per heavy atom. The van der Waals surface area contributed by atoms with Gasteiger partial charge in [-0.15, -0.1) is 0 Å². The smallest absolute Gasteiger partial charge is 0.270 e. The zero-order valence-corrected chi connectivity index (χ0v) is 18.6. The number of piperidine rings is 1. The number of oxazole rings is 1. The highest BCUT2D eigenvalue weighted by Crippen LogP contribution is 2.29. The molecule has 0 spiro atoms. The Bertz CT molecular complexity index is 1280. The minimum atomic E-state index is -3.91. The van der Waals surface area contributed by atoms with Crippen LogP contribution in [0.1, 0.15) is 18.4 Å². The molecule has 1 fully saturated rings. The Morgan fingerprint density at radius 3 is 2.64 bits per heavy atom. The molecule has 1 aliphatic heterocycles. The van der Waals surface area contributed by atoms with Crippen LogP contribution in [0, 0.1) is 23.0 Å². The number of nitrogens with zero attached hydrogens (tertiary/aromatic N) is 3. The molecule has 0 saturated carbocycles. The van der Waals surface area contributed by atoms with Gasteiger partial charge in [0, 0.05) is 42.4 Å². The molecule has 3 aromatic rings. The van der Waals surface area contributed by atoms with Gasteiger partial charge < -0.3 is 9.73 Å². The topological polar surface area (TPSA) is 136 Å². The Labute approximate surface area is 190 Å². The average Bonchev–Trinajstić information content (AvgIpc) is 3.34. The zero-order valence-electron chi connectivity index (χ0n) is 17.8. The van der Waals surface area contributed by atoms with Gasteiger partial charge in [0.1, 0.15) is 0 Å². The van der Waals surface area contributed by atoms with Crippen LogP contribution in [-0.4, -0.2) is 41.6 Å². The molecule has 1 amide bonds. The lowest BCUT2D eigenvalue weighted by Crippen LogP contribution is -2.41. The summed E-state index contributed by atoms with van der Waals surface area (Å²) >= 11 is 0. The van der Waals surface area contributed by atoms with Crippen molar-refractivity contribution in [2.45, 2.75) is 24.7 Å². The van der Waals surface area contributed by atoms with Gasteiger partial charge in [-0.25, -0.2) is 13.4 Å². The lowest BCUT2D eigenvalue weighted by atomic mass is 9.97. The summed E-state index contributed by atoms with van der Waals surface area (Å²) in [5, 5.41) is 14.0. The summed E-state index contributed by atoms with van der Waals surface area (Å²) in [7, 11) is -3.91. The molecule has 11 heteroatoms. The Balaban J connectivity index is 1.42. The van der Waals surface area contributed by atoms with Gasteiger partial charge >= 0.3 is 0 Å². The maximum absolute atomic E-state index is 13.1. The fourth-order valence-corrected chi connectivity index (χ4v) is 5.54. The molecule has 0 bridgehead atoms. The molecule has 172 valence electrons. The highest BCUT2D eigenvalue weighted by molar-refractivity contribution is 7.89. The van der Waals surface area contributed by atoms with Crippen molar-refractivity contribution in [2.24, 2.45) is 5.92 Å². The third kappa shape index (κ3) is 4.78. The van der Waals surface area contributed by atoms with E-state index in [9.17, 15) is 23.3 Å². The van der Waals surface area contributed by atoms with E-state index in [0.29, 0.717) is 29.9 Å². The number of nitro groups is 1. The molecular weight excluding hydrogens is 448 g/mol. The molecular formula is C22H22N4O6S. The summed E-state index contributed by atoms with van der Waals surface area (Å²) in [5.74, 6) is 0.0472. The van der Waals surface area contributed by atoms with Gasteiger partial charge in [0.2, 0.25) is 15.9 Å². The summed E-state index contributed by atoms with van der Waals surface area (Å²) in [6.45, 7) is 1.91. The van der Waals surface area contributed by atoms with Gasteiger partial charge in [0.25, 0.3) is 5.69 Å². The summed E-state index contributed by atoms with van der Waals surface area (Å²) in [6.07, 6.45) is 3.61. The van der Waals surface area contributed by atoms with Gasteiger partial charge in [-0.1, -0.05) is 18.2 Å². The SMILES string of the molecule is Cc1ccc([N+](=O)[O-])cc1S(=O)(=O)N1CCC(C(=O)Nc2cccc(-c3cnco3)c2)CC1. The first-order chi connectivity index (χ1) is 15.8. The van der Waals surface area contributed by atoms with Gasteiger partial charge in [-0.3, -0.25) is 14.9 Å². The molecule has 0 unspecified atom stereocenters. The van der Waals surface area contributed by atoms with Crippen LogP contribution in [0.15, 0.2) is 64.4 Å². The fraction of sp³-hybridized carbons (Fsp3) is 0.273. The van der Waals surface area contributed by atoms with Crippen molar-refractivity contribution in [1.82, 2.24) is 9.29 Å². The molecule has 4 rings (SSSR count). The zero-order chi connectivity index (χ0) is 23.6. The molecule has 10 nitrogen and oxygen atoms in total. The third-order valence-electron chi connectivity index (χ3n) is 5.67. The molecule has 2 aromatic carbocycles. The number of hydrogen-bond donors (Lipinski definition) is 1. The van der Waals surface area contributed by atoms with E-state index in [1.54, 1.807) is 31.3 Å². The van der Waals surface area contributed by atoms with Crippen molar-refractivity contribution in [1.29, 1.82) is 0 Å². The second-order valence-corrected chi connectivity index (χ2v) is 9.73. The van der Waals surface area contributed by atoms with Crippen molar-refractivity contribution in [3.05, 3.63) is 70.7 Å². The number of carbonyl (C=O) groups is 1. The minimum Gasteiger partial charge on any atom is -0.444 e. The molecule has 1 aromatic heterocycles. The number of amides is 1. The fourth-order valence-electron chi connectivity index (χ4n) is 3.83. The standard InChI is InChI=1S/C22H22N4O6S/c1-15-5-6-19(26(28)29)12-21(15)33(30,31)25-9-7-16(8-10-25)22(27)24-18-4-2-3-17(11-18)20-13-23-14-32-20/h2-6,11-14,16H,7-10H2,1H3,(H,24,27). The molecule has 33 heavy (non-hydrogen) atoms. The van der Waals surface area contributed by atoms with Gasteiger partial charge in [0.05, 0.1) is 16.0 Å². The first-order valence-electron chi connectivity index (χ1n) is 10.3. The number of nitrogens with one attached hydrogen (secondary N) is 1. The summed E-state index contributed by atoms with van der Waals surface area (Å²) in [5.41, 5.74) is 1.54. The van der Waals surface area contributed by atoms with Crippen LogP contribution in [0.25, 0.3) is 11.3 Å². The van der Waals surface area contributed by atoms with Crippen LogP contribution in [0.5, 0.6) is 0 Å². The summed E-state index contributed by atoms with van der Waals surface area (Å²) in [4.78, 5) is 27.0. The number of carbonyl (C=O) groups excluding carboxylic acids is 1. The number of aromatic nitrogens is 1. The first-order valence-corrected chi connectivity index (χ1v) is 11.7. The number of hydrogen-bond acceptors (Lipinski definition) is 7. The van der Waals surface area contributed by atoms with Crippen LogP contribution in [0.3, 0.4) is 0 Å². The summed E-state index contributed by atoms with van der Waals surface area (Å²) < 4.78 is 32.7. The van der Waals surface area contributed by atoms with Crippen molar-refractivity contribution in [3.63, 3.8) is 0 Å². The van der Waals surface area contributed by atoms with Gasteiger partial charge in [-0.2, -0.15) is 4.31 Å². The van der Waals surface area contributed by atoms with Crippen molar-refractivity contribution in [3.8, 4) is 11.3 Å². The molecule has 1 saturated heterocycles. The average molecular weight is 471 g/mol. The number of anilines is 1. The Hall–Kier alpha value is -3.57. The molecule has 0 aliphatic carbocycles. The highest BCUT2D eigenvalue weighted by atomic mass is 32.2. The lowest BCUT2D eigenvalue weighted by Gasteiger charge is -2.30. The summed E-state index contributed by atoms with van der Waals surface area (Å²) in [6, 6.07) is 11.0. The van der Waals surface area contributed by atoms with E-state index in [1.807, 2.05) is 6.07 Å².